The van der Waals surface area contributed by atoms with Crippen LogP contribution in [0.2, 0.25) is 5.02 Å². The summed E-state index contributed by atoms with van der Waals surface area (Å²) >= 11 is 6.04. The zero-order valence-corrected chi connectivity index (χ0v) is 21.3. The Bertz CT molecular complexity index is 1650. The van der Waals surface area contributed by atoms with Crippen LogP contribution in [0.4, 0.5) is 4.79 Å². The van der Waals surface area contributed by atoms with Gasteiger partial charge in [-0.1, -0.05) is 41.9 Å². The number of fused-ring (bicyclic) bond motifs is 1. The maximum absolute atomic E-state index is 13.0. The molecule has 0 aliphatic heterocycles. The second-order valence-electron chi connectivity index (χ2n) is 9.76. The Labute approximate surface area is 217 Å². The molecule has 2 amide bonds. The number of benzene rings is 2. The average molecular weight is 540 g/mol. The van der Waals surface area contributed by atoms with Gasteiger partial charge in [-0.05, 0) is 37.0 Å². The third-order valence-corrected chi connectivity index (χ3v) is 8.57. The molecular formula is C26H22ClN3O6S. The Hall–Kier alpha value is -3.63. The summed E-state index contributed by atoms with van der Waals surface area (Å²) in [6, 6.07) is 15.8. The van der Waals surface area contributed by atoms with E-state index in [0.717, 1.165) is 11.1 Å². The Morgan fingerprint density at radius 1 is 1.16 bits per heavy atom. The summed E-state index contributed by atoms with van der Waals surface area (Å²) in [7, 11) is -3.24. The monoisotopic (exact) mass is 539 g/mol. The summed E-state index contributed by atoms with van der Waals surface area (Å²) in [5.74, 6) is 0.312. The molecule has 3 fully saturated rings. The lowest BCUT2D eigenvalue weighted by atomic mass is 9.39. The van der Waals surface area contributed by atoms with E-state index in [0.29, 0.717) is 35.8 Å². The van der Waals surface area contributed by atoms with E-state index in [9.17, 15) is 13.8 Å². The molecule has 37 heavy (non-hydrogen) atoms. The molecule has 3 aliphatic carbocycles. The van der Waals surface area contributed by atoms with Crippen molar-refractivity contribution in [1.29, 1.82) is 0 Å². The number of nitrogens with one attached hydrogen (secondary N) is 1. The molecule has 1 unspecified atom stereocenters. The summed E-state index contributed by atoms with van der Waals surface area (Å²) < 4.78 is 33.0. The lowest BCUT2D eigenvalue weighted by molar-refractivity contribution is -0.0955. The fourth-order valence-electron chi connectivity index (χ4n) is 5.15. The van der Waals surface area contributed by atoms with Gasteiger partial charge in [-0.2, -0.15) is 0 Å². The molecule has 190 valence electrons. The first kappa shape index (κ1) is 23.7. The van der Waals surface area contributed by atoms with Gasteiger partial charge < -0.3 is 18.9 Å². The molecule has 0 saturated heterocycles. The molecular weight excluding hydrogens is 518 g/mol. The van der Waals surface area contributed by atoms with Gasteiger partial charge in [0.25, 0.3) is 5.91 Å². The predicted octanol–water partition coefficient (Wildman–Crippen LogP) is 5.47. The number of carbonyl (C=O) groups is 2. The van der Waals surface area contributed by atoms with Gasteiger partial charge in [-0.25, -0.2) is 14.0 Å². The summed E-state index contributed by atoms with van der Waals surface area (Å²) in [5, 5.41) is 3.56. The van der Waals surface area contributed by atoms with Gasteiger partial charge >= 0.3 is 6.09 Å². The Morgan fingerprint density at radius 2 is 1.92 bits per heavy atom. The quantitative estimate of drug-likeness (QED) is 0.344. The molecule has 1 atom stereocenters. The van der Waals surface area contributed by atoms with Crippen molar-refractivity contribution in [2.75, 3.05) is 6.26 Å². The number of hydrogen-bond donors (Lipinski definition) is 1. The third kappa shape index (κ3) is 4.30. The SMILES string of the molecule is CS(=O)(=NC(=O)OCc1ccccc1)c1cc(C(=O)NC23CC(c4nc5ccc(Cl)cc5o4)(C2)C3)co1. The maximum Gasteiger partial charge on any atom is 0.442 e. The predicted molar refractivity (Wildman–Crippen MR) is 135 cm³/mol. The fourth-order valence-corrected chi connectivity index (χ4v) is 6.31. The van der Waals surface area contributed by atoms with Crippen molar-refractivity contribution < 1.29 is 27.4 Å². The second-order valence-corrected chi connectivity index (χ2v) is 12.4. The van der Waals surface area contributed by atoms with E-state index in [1.807, 2.05) is 24.3 Å². The normalized spacial score (nSPS) is 23.4. The molecule has 2 bridgehead atoms. The third-order valence-electron chi connectivity index (χ3n) is 6.88. The van der Waals surface area contributed by atoms with Crippen molar-refractivity contribution in [3.8, 4) is 0 Å². The first-order chi connectivity index (χ1) is 17.7. The Morgan fingerprint density at radius 3 is 2.68 bits per heavy atom. The fraction of sp³-hybridized carbons (Fsp3) is 0.269. The lowest BCUT2D eigenvalue weighted by Gasteiger charge is -2.68. The van der Waals surface area contributed by atoms with Crippen molar-refractivity contribution >= 4 is 44.4 Å². The molecule has 1 N–H and O–H groups in total. The minimum Gasteiger partial charge on any atom is -0.454 e. The van der Waals surface area contributed by atoms with E-state index in [2.05, 4.69) is 14.7 Å². The van der Waals surface area contributed by atoms with Crippen LogP contribution < -0.4 is 5.32 Å². The van der Waals surface area contributed by atoms with E-state index in [-0.39, 0.29) is 34.1 Å². The number of hydrogen-bond acceptors (Lipinski definition) is 7. The van der Waals surface area contributed by atoms with E-state index >= 15 is 0 Å². The second kappa shape index (κ2) is 8.46. The van der Waals surface area contributed by atoms with Gasteiger partial charge in [0.15, 0.2) is 10.7 Å². The minimum atomic E-state index is -3.24. The minimum absolute atomic E-state index is 0.00533. The molecule has 3 aliphatic rings. The van der Waals surface area contributed by atoms with E-state index in [1.165, 1.54) is 18.6 Å². The van der Waals surface area contributed by atoms with Gasteiger partial charge in [0.1, 0.15) is 28.1 Å². The van der Waals surface area contributed by atoms with Crippen molar-refractivity contribution in [1.82, 2.24) is 10.3 Å². The molecule has 0 radical (unpaired) electrons. The maximum atomic E-state index is 13.0. The molecule has 7 rings (SSSR count). The van der Waals surface area contributed by atoms with Gasteiger partial charge in [0.05, 0.1) is 11.0 Å². The first-order valence-electron chi connectivity index (χ1n) is 11.6. The number of halogens is 1. The van der Waals surface area contributed by atoms with E-state index < -0.39 is 15.8 Å². The van der Waals surface area contributed by atoms with Gasteiger partial charge in [-0.15, -0.1) is 4.36 Å². The van der Waals surface area contributed by atoms with Crippen LogP contribution in [0, 0.1) is 0 Å². The number of carbonyl (C=O) groups excluding carboxylic acids is 2. The molecule has 2 heterocycles. The van der Waals surface area contributed by atoms with Gasteiger partial charge in [-0.3, -0.25) is 4.79 Å². The van der Waals surface area contributed by atoms with Crippen molar-refractivity contribution in [3.05, 3.63) is 82.9 Å². The smallest absolute Gasteiger partial charge is 0.442 e. The zero-order valence-electron chi connectivity index (χ0n) is 19.7. The van der Waals surface area contributed by atoms with Crippen molar-refractivity contribution in [2.24, 2.45) is 4.36 Å². The summed E-state index contributed by atoms with van der Waals surface area (Å²) in [6.45, 7) is 0.00533. The highest BCUT2D eigenvalue weighted by Crippen LogP contribution is 2.67. The zero-order chi connectivity index (χ0) is 25.8. The molecule has 4 aromatic rings. The number of ether oxygens (including phenoxy) is 1. The number of aromatic nitrogens is 1. The Kier molecular flexibility index (Phi) is 5.43. The van der Waals surface area contributed by atoms with Crippen molar-refractivity contribution in [3.63, 3.8) is 0 Å². The summed E-state index contributed by atoms with van der Waals surface area (Å²) in [6.07, 6.45) is 3.64. The number of nitrogens with zero attached hydrogens (tertiary/aromatic N) is 2. The average Bonchev–Trinajstić information content (AvgIpc) is 3.47. The molecule has 0 spiro atoms. The van der Waals surface area contributed by atoms with Crippen LogP contribution in [-0.4, -0.2) is 33.0 Å². The van der Waals surface area contributed by atoms with E-state index in [4.69, 9.17) is 25.2 Å². The largest absolute Gasteiger partial charge is 0.454 e. The Balaban J connectivity index is 1.08. The van der Waals surface area contributed by atoms with Crippen molar-refractivity contribution in [2.45, 2.75) is 41.9 Å². The van der Waals surface area contributed by atoms with Crippen LogP contribution >= 0.6 is 11.6 Å². The number of oxazole rings is 1. The van der Waals surface area contributed by atoms with E-state index in [1.54, 1.807) is 24.3 Å². The number of rotatable bonds is 6. The lowest BCUT2D eigenvalue weighted by Crippen LogP contribution is -2.76. The van der Waals surface area contributed by atoms with Crippen LogP contribution in [-0.2, 0) is 26.5 Å². The van der Waals surface area contributed by atoms with Gasteiger partial charge in [0, 0.05) is 29.0 Å². The molecule has 3 saturated carbocycles. The summed E-state index contributed by atoms with van der Waals surface area (Å²) in [4.78, 5) is 29.6. The molecule has 2 aromatic heterocycles. The molecule has 11 heteroatoms. The highest BCUT2D eigenvalue weighted by atomic mass is 35.5. The van der Waals surface area contributed by atoms with Gasteiger partial charge in [0.2, 0.25) is 5.89 Å². The van der Waals surface area contributed by atoms with Crippen LogP contribution in [0.15, 0.2) is 79.1 Å². The topological polar surface area (TPSA) is 124 Å². The number of amides is 2. The van der Waals surface area contributed by atoms with Crippen LogP contribution in [0.5, 0.6) is 0 Å². The summed E-state index contributed by atoms with van der Waals surface area (Å²) in [5.41, 5.74) is 1.86. The number of furan rings is 1. The van der Waals surface area contributed by atoms with Crippen LogP contribution in [0.25, 0.3) is 11.1 Å². The highest BCUT2D eigenvalue weighted by Gasteiger charge is 2.71. The first-order valence-corrected chi connectivity index (χ1v) is 13.9. The van der Waals surface area contributed by atoms with Crippen LogP contribution in [0.1, 0.15) is 41.1 Å². The molecule has 9 nitrogen and oxygen atoms in total. The van der Waals surface area contributed by atoms with Crippen LogP contribution in [0.3, 0.4) is 0 Å². The standard InChI is InChI=1S/C26H22ClN3O6S/c1-37(33,30-24(32)35-11-16-5-3-2-4-6-16)21-9-17(12-34-21)22(31)29-26-13-25(14-26,15-26)23-28-19-8-7-18(27)10-20(19)36-23/h2-10,12H,11,13-15H2,1H3,(H,29,31). The molecule has 2 aromatic carbocycles. The highest BCUT2D eigenvalue weighted by molar-refractivity contribution is 7.93.